The standard InChI is InChI=1S/C43H57NO4S/c1-12-21-44-40-35(22-29(19-20-42(6,7)8)33-25-31(15-17-37(33)45)47-27(4)13-2)41(46)36(40)23-30-24-39(43(9,10)11)49-38-18-16-32(26-34(30)38)48-28(5)14-3/h15-19,22-28,44-45H,12-14,20-21H2,1-11H3/b29-19-,30-23+,35-22-. The van der Waals surface area contributed by atoms with E-state index in [4.69, 9.17) is 9.47 Å². The van der Waals surface area contributed by atoms with Gasteiger partial charge in [-0.05, 0) is 127 Å². The second-order valence-corrected chi connectivity index (χ2v) is 16.6. The number of hydrogen-bond donors (Lipinski definition) is 2. The minimum Gasteiger partial charge on any atom is -0.507 e. The second-order valence-electron chi connectivity index (χ2n) is 15.5. The van der Waals surface area contributed by atoms with Gasteiger partial charge in [0.15, 0.2) is 5.78 Å². The molecule has 6 heteroatoms. The Labute approximate surface area is 299 Å². The van der Waals surface area contributed by atoms with Crippen LogP contribution >= 0.6 is 11.8 Å². The number of aromatic hydroxyl groups is 1. The molecule has 2 aromatic rings. The van der Waals surface area contributed by atoms with Gasteiger partial charge < -0.3 is 19.9 Å². The first-order valence-electron chi connectivity index (χ1n) is 17.9. The Hall–Kier alpha value is -3.64. The van der Waals surface area contributed by atoms with Crippen molar-refractivity contribution in [3.05, 3.63) is 93.6 Å². The van der Waals surface area contributed by atoms with Crippen molar-refractivity contribution < 1.29 is 19.4 Å². The van der Waals surface area contributed by atoms with Crippen LogP contribution in [0.15, 0.2) is 87.3 Å². The lowest BCUT2D eigenvalue weighted by Gasteiger charge is -2.30. The van der Waals surface area contributed by atoms with Crippen molar-refractivity contribution in [3.8, 4) is 17.2 Å². The third kappa shape index (κ3) is 9.75. The van der Waals surface area contributed by atoms with E-state index in [1.807, 2.05) is 31.2 Å². The highest BCUT2D eigenvalue weighted by atomic mass is 32.2. The summed E-state index contributed by atoms with van der Waals surface area (Å²) in [5, 5.41) is 14.7. The lowest BCUT2D eigenvalue weighted by Crippen LogP contribution is -2.31. The highest BCUT2D eigenvalue weighted by molar-refractivity contribution is 8.03. The molecule has 2 unspecified atom stereocenters. The molecule has 2 aromatic carbocycles. The van der Waals surface area contributed by atoms with Crippen molar-refractivity contribution in [2.75, 3.05) is 6.54 Å². The monoisotopic (exact) mass is 683 g/mol. The van der Waals surface area contributed by atoms with Gasteiger partial charge >= 0.3 is 0 Å². The predicted molar refractivity (Wildman–Crippen MR) is 207 cm³/mol. The van der Waals surface area contributed by atoms with Crippen LogP contribution in [0.1, 0.15) is 113 Å². The van der Waals surface area contributed by atoms with Crippen molar-refractivity contribution in [2.24, 2.45) is 10.8 Å². The largest absolute Gasteiger partial charge is 0.507 e. The maximum atomic E-state index is 14.2. The Morgan fingerprint density at radius 3 is 2.16 bits per heavy atom. The molecule has 1 heterocycles. The zero-order chi connectivity index (χ0) is 36.1. The van der Waals surface area contributed by atoms with Gasteiger partial charge in [-0.25, -0.2) is 0 Å². The molecule has 0 amide bonds. The number of rotatable bonds is 13. The number of fused-ring (bicyclic) bond motifs is 1. The van der Waals surface area contributed by atoms with Gasteiger partial charge in [0.1, 0.15) is 17.2 Å². The normalized spacial score (nSPS) is 18.2. The molecule has 0 spiro atoms. The second kappa shape index (κ2) is 15.9. The Balaban J connectivity index is 1.87. The van der Waals surface area contributed by atoms with Crippen LogP contribution in [0.4, 0.5) is 0 Å². The van der Waals surface area contributed by atoms with E-state index in [0.717, 1.165) is 65.3 Å². The third-order valence-electron chi connectivity index (χ3n) is 8.72. The van der Waals surface area contributed by atoms with E-state index < -0.39 is 0 Å². The number of nitrogens with one attached hydrogen (secondary N) is 1. The van der Waals surface area contributed by atoms with Crippen molar-refractivity contribution >= 4 is 28.7 Å². The zero-order valence-corrected chi connectivity index (χ0v) is 32.4. The molecule has 49 heavy (non-hydrogen) atoms. The maximum absolute atomic E-state index is 14.2. The van der Waals surface area contributed by atoms with Gasteiger partial charge in [0.25, 0.3) is 0 Å². The molecule has 4 rings (SSSR count). The van der Waals surface area contributed by atoms with Gasteiger partial charge in [-0.3, -0.25) is 4.79 Å². The number of carbonyl (C=O) groups excluding carboxylic acids is 1. The van der Waals surface area contributed by atoms with Gasteiger partial charge in [0.2, 0.25) is 0 Å². The molecule has 1 aliphatic heterocycles. The fourth-order valence-electron chi connectivity index (χ4n) is 5.35. The van der Waals surface area contributed by atoms with E-state index in [1.54, 1.807) is 23.9 Å². The SMILES string of the molecule is CCCNC1=C(/C=C2\C=C(C(C)(C)C)Sc3ccc(OC(C)CC)cc32)C(=O)/C1=C\C(=C\CC(C)(C)C)c1cc(OC(C)CC)ccc1O. The van der Waals surface area contributed by atoms with E-state index in [9.17, 15) is 9.90 Å². The summed E-state index contributed by atoms with van der Waals surface area (Å²) in [7, 11) is 0. The number of phenols is 1. The predicted octanol–water partition coefficient (Wildman–Crippen LogP) is 11.4. The van der Waals surface area contributed by atoms with E-state index in [1.165, 1.54) is 4.91 Å². The summed E-state index contributed by atoms with van der Waals surface area (Å²) < 4.78 is 12.3. The fourth-order valence-corrected chi connectivity index (χ4v) is 6.50. The molecule has 0 saturated heterocycles. The first-order chi connectivity index (χ1) is 23.0. The molecular weight excluding hydrogens is 627 g/mol. The van der Waals surface area contributed by atoms with Gasteiger partial charge in [-0.1, -0.05) is 80.2 Å². The van der Waals surface area contributed by atoms with Crippen LogP contribution in [0, 0.1) is 10.8 Å². The molecule has 0 bridgehead atoms. The first kappa shape index (κ1) is 38.2. The summed E-state index contributed by atoms with van der Waals surface area (Å²) in [5.41, 5.74) is 5.61. The average molecular weight is 684 g/mol. The van der Waals surface area contributed by atoms with E-state index in [0.29, 0.717) is 22.5 Å². The fraction of sp³-hybridized carbons (Fsp3) is 0.465. The number of ether oxygens (including phenoxy) is 2. The minimum atomic E-state index is -0.0539. The maximum Gasteiger partial charge on any atom is 0.197 e. The van der Waals surface area contributed by atoms with Gasteiger partial charge in [-0.2, -0.15) is 0 Å². The van der Waals surface area contributed by atoms with Crippen molar-refractivity contribution in [1.82, 2.24) is 5.32 Å². The van der Waals surface area contributed by atoms with Gasteiger partial charge in [0, 0.05) is 28.1 Å². The summed E-state index contributed by atoms with van der Waals surface area (Å²) >= 11 is 1.79. The molecule has 2 N–H and O–H groups in total. The number of hydrogen-bond acceptors (Lipinski definition) is 6. The van der Waals surface area contributed by atoms with Crippen LogP contribution < -0.4 is 14.8 Å². The van der Waals surface area contributed by atoms with E-state index in [-0.39, 0.29) is 34.6 Å². The average Bonchev–Trinajstić information content (AvgIpc) is 3.04. The van der Waals surface area contributed by atoms with Crippen LogP contribution in [0.3, 0.4) is 0 Å². The smallest absolute Gasteiger partial charge is 0.197 e. The third-order valence-corrected chi connectivity index (χ3v) is 10.3. The van der Waals surface area contributed by atoms with Crippen molar-refractivity contribution in [2.45, 2.75) is 119 Å². The summed E-state index contributed by atoms with van der Waals surface area (Å²) in [4.78, 5) is 16.6. The number of ketones is 1. The van der Waals surface area contributed by atoms with Crippen molar-refractivity contribution in [3.63, 3.8) is 0 Å². The summed E-state index contributed by atoms with van der Waals surface area (Å²) in [5.74, 6) is 1.66. The molecular formula is C43H57NO4S. The number of Topliss-reactive ketones (excluding diaryl/α,β-unsaturated/α-hetero) is 1. The molecule has 0 saturated carbocycles. The van der Waals surface area contributed by atoms with Crippen LogP contribution in [-0.2, 0) is 4.79 Å². The molecule has 264 valence electrons. The highest BCUT2D eigenvalue weighted by Gasteiger charge is 2.34. The Bertz CT molecular complexity index is 1690. The zero-order valence-electron chi connectivity index (χ0n) is 31.5. The van der Waals surface area contributed by atoms with Gasteiger partial charge in [0.05, 0.1) is 17.9 Å². The highest BCUT2D eigenvalue weighted by Crippen LogP contribution is 2.49. The number of allylic oxidation sites excluding steroid dienone is 9. The van der Waals surface area contributed by atoms with E-state index >= 15 is 0 Å². The number of carbonyl (C=O) groups is 1. The van der Waals surface area contributed by atoms with E-state index in [2.05, 4.69) is 98.8 Å². The lowest BCUT2D eigenvalue weighted by atomic mass is 9.81. The van der Waals surface area contributed by atoms with Gasteiger partial charge in [-0.15, -0.1) is 0 Å². The van der Waals surface area contributed by atoms with Crippen LogP contribution in [0.5, 0.6) is 17.2 Å². The lowest BCUT2D eigenvalue weighted by molar-refractivity contribution is -0.113. The number of thioether (sulfide) groups is 1. The quantitative estimate of drug-likeness (QED) is 0.205. The Kier molecular flexibility index (Phi) is 12.4. The molecule has 0 radical (unpaired) electrons. The number of benzene rings is 2. The molecule has 0 fully saturated rings. The Morgan fingerprint density at radius 1 is 0.939 bits per heavy atom. The summed E-state index contributed by atoms with van der Waals surface area (Å²) in [6, 6.07) is 11.7. The Morgan fingerprint density at radius 2 is 1.57 bits per heavy atom. The molecule has 2 atom stereocenters. The number of phenolic OH excluding ortho intramolecular Hbond substituents is 1. The topological polar surface area (TPSA) is 67.8 Å². The summed E-state index contributed by atoms with van der Waals surface area (Å²) in [6.07, 6.45) is 12.0. The van der Waals surface area contributed by atoms with Crippen LogP contribution in [-0.4, -0.2) is 29.6 Å². The molecule has 0 aromatic heterocycles. The summed E-state index contributed by atoms with van der Waals surface area (Å²) in [6.45, 7) is 24.4. The first-order valence-corrected chi connectivity index (χ1v) is 18.7. The van der Waals surface area contributed by atoms with Crippen molar-refractivity contribution in [1.29, 1.82) is 0 Å². The minimum absolute atomic E-state index is 0.0169. The molecule has 2 aliphatic rings. The van der Waals surface area contributed by atoms with Crippen LogP contribution in [0.2, 0.25) is 0 Å². The van der Waals surface area contributed by atoms with Crippen LogP contribution in [0.25, 0.3) is 11.1 Å². The molecule has 1 aliphatic carbocycles. The molecule has 5 nitrogen and oxygen atoms in total.